The first-order valence-electron chi connectivity index (χ1n) is 6.66. The monoisotopic (exact) mass is 233 g/mol. The number of methoxy groups -OCH3 is 1. The van der Waals surface area contributed by atoms with E-state index in [0.717, 1.165) is 18.9 Å². The van der Waals surface area contributed by atoms with Crippen molar-refractivity contribution in [3.63, 3.8) is 0 Å². The van der Waals surface area contributed by atoms with E-state index in [4.69, 9.17) is 4.74 Å². The van der Waals surface area contributed by atoms with Gasteiger partial charge in [-0.1, -0.05) is 30.3 Å². The van der Waals surface area contributed by atoms with Crippen LogP contribution < -0.4 is 5.32 Å². The Kier molecular flexibility index (Phi) is 5.02. The third-order valence-electron chi connectivity index (χ3n) is 3.81. The van der Waals surface area contributed by atoms with Crippen LogP contribution in [0.5, 0.6) is 0 Å². The van der Waals surface area contributed by atoms with Crippen LogP contribution in [0.15, 0.2) is 30.3 Å². The highest BCUT2D eigenvalue weighted by atomic mass is 16.5. The number of piperidine rings is 1. The molecule has 1 unspecified atom stereocenters. The van der Waals surface area contributed by atoms with E-state index < -0.39 is 0 Å². The van der Waals surface area contributed by atoms with Gasteiger partial charge in [-0.25, -0.2) is 0 Å². The van der Waals surface area contributed by atoms with Crippen molar-refractivity contribution in [1.82, 2.24) is 5.32 Å². The van der Waals surface area contributed by atoms with Gasteiger partial charge in [-0.3, -0.25) is 0 Å². The fourth-order valence-electron chi connectivity index (χ4n) is 2.87. The molecule has 0 bridgehead atoms. The lowest BCUT2D eigenvalue weighted by atomic mass is 9.79. The van der Waals surface area contributed by atoms with E-state index in [2.05, 4.69) is 35.6 Å². The quantitative estimate of drug-likeness (QED) is 0.844. The Labute approximate surface area is 104 Å². The van der Waals surface area contributed by atoms with Gasteiger partial charge < -0.3 is 10.1 Å². The Balaban J connectivity index is 2.06. The number of benzene rings is 1. The van der Waals surface area contributed by atoms with Gasteiger partial charge in [0.05, 0.1) is 0 Å². The summed E-state index contributed by atoms with van der Waals surface area (Å²) < 4.78 is 5.27. The fraction of sp³-hybridized carbons (Fsp3) is 0.600. The highest BCUT2D eigenvalue weighted by Crippen LogP contribution is 2.33. The predicted molar refractivity (Wildman–Crippen MR) is 71.3 cm³/mol. The van der Waals surface area contributed by atoms with Gasteiger partial charge in [0, 0.05) is 13.7 Å². The van der Waals surface area contributed by atoms with E-state index in [1.807, 2.05) is 0 Å². The van der Waals surface area contributed by atoms with Crippen LogP contribution in [0, 0.1) is 5.92 Å². The van der Waals surface area contributed by atoms with Crippen LogP contribution in [-0.4, -0.2) is 26.8 Å². The summed E-state index contributed by atoms with van der Waals surface area (Å²) >= 11 is 0. The maximum atomic E-state index is 5.27. The van der Waals surface area contributed by atoms with Crippen molar-refractivity contribution in [2.75, 3.05) is 26.8 Å². The van der Waals surface area contributed by atoms with Crippen LogP contribution in [0.2, 0.25) is 0 Å². The third kappa shape index (κ3) is 3.55. The molecule has 0 radical (unpaired) electrons. The summed E-state index contributed by atoms with van der Waals surface area (Å²) in [6.07, 6.45) is 3.73. The van der Waals surface area contributed by atoms with Crippen LogP contribution in [0.4, 0.5) is 0 Å². The van der Waals surface area contributed by atoms with Gasteiger partial charge >= 0.3 is 0 Å². The summed E-state index contributed by atoms with van der Waals surface area (Å²) in [5, 5.41) is 3.45. The van der Waals surface area contributed by atoms with Crippen molar-refractivity contribution in [3.05, 3.63) is 35.9 Å². The van der Waals surface area contributed by atoms with E-state index in [1.165, 1.54) is 31.5 Å². The molecule has 2 rings (SSSR count). The molecule has 1 fully saturated rings. The van der Waals surface area contributed by atoms with Crippen LogP contribution in [-0.2, 0) is 4.74 Å². The second-order valence-corrected chi connectivity index (χ2v) is 4.89. The molecular formula is C15H23NO. The Morgan fingerprint density at radius 1 is 1.24 bits per heavy atom. The van der Waals surface area contributed by atoms with Gasteiger partial charge in [0.1, 0.15) is 0 Å². The normalized spacial score (nSPS) is 19.1. The minimum Gasteiger partial charge on any atom is -0.385 e. The second-order valence-electron chi connectivity index (χ2n) is 4.89. The molecule has 1 N–H and O–H groups in total. The van der Waals surface area contributed by atoms with Crippen molar-refractivity contribution in [3.8, 4) is 0 Å². The highest BCUT2D eigenvalue weighted by Gasteiger charge is 2.24. The van der Waals surface area contributed by atoms with Crippen LogP contribution in [0.1, 0.15) is 30.7 Å². The van der Waals surface area contributed by atoms with Crippen molar-refractivity contribution < 1.29 is 4.74 Å². The molecule has 94 valence electrons. The number of hydrogen-bond acceptors (Lipinski definition) is 2. The van der Waals surface area contributed by atoms with Gasteiger partial charge in [-0.2, -0.15) is 0 Å². The number of rotatable bonds is 5. The Hall–Kier alpha value is -0.860. The Morgan fingerprint density at radius 2 is 1.94 bits per heavy atom. The molecule has 17 heavy (non-hydrogen) atoms. The van der Waals surface area contributed by atoms with Crippen molar-refractivity contribution in [2.24, 2.45) is 5.92 Å². The molecule has 1 heterocycles. The topological polar surface area (TPSA) is 21.3 Å². The summed E-state index contributed by atoms with van der Waals surface area (Å²) in [7, 11) is 1.80. The lowest BCUT2D eigenvalue weighted by molar-refractivity contribution is 0.171. The largest absolute Gasteiger partial charge is 0.385 e. The Bertz CT molecular complexity index is 306. The second kappa shape index (κ2) is 6.77. The van der Waals surface area contributed by atoms with Crippen LogP contribution >= 0.6 is 0 Å². The first-order valence-corrected chi connectivity index (χ1v) is 6.66. The summed E-state index contributed by atoms with van der Waals surface area (Å²) in [6, 6.07) is 10.9. The molecular weight excluding hydrogens is 210 g/mol. The highest BCUT2D eigenvalue weighted by molar-refractivity contribution is 5.20. The van der Waals surface area contributed by atoms with Gasteiger partial charge in [-0.05, 0) is 49.8 Å². The first kappa shape index (κ1) is 12.6. The number of nitrogens with one attached hydrogen (secondary N) is 1. The minimum absolute atomic E-state index is 0.665. The Morgan fingerprint density at radius 3 is 2.59 bits per heavy atom. The molecule has 1 aliphatic heterocycles. The lowest BCUT2D eigenvalue weighted by Gasteiger charge is -2.31. The van der Waals surface area contributed by atoms with Crippen molar-refractivity contribution in [1.29, 1.82) is 0 Å². The van der Waals surface area contributed by atoms with E-state index >= 15 is 0 Å². The third-order valence-corrected chi connectivity index (χ3v) is 3.81. The standard InChI is InChI=1S/C15H23NO/c1-17-12-9-15(13-5-3-2-4-6-13)14-7-10-16-11-8-14/h2-6,14-16H,7-12H2,1H3. The minimum atomic E-state index is 0.665. The summed E-state index contributed by atoms with van der Waals surface area (Å²) in [6.45, 7) is 3.20. The van der Waals surface area contributed by atoms with Crippen molar-refractivity contribution >= 4 is 0 Å². The molecule has 0 aromatic heterocycles. The molecule has 2 nitrogen and oxygen atoms in total. The molecule has 1 aromatic carbocycles. The van der Waals surface area contributed by atoms with Gasteiger partial charge in [0.25, 0.3) is 0 Å². The van der Waals surface area contributed by atoms with Gasteiger partial charge in [0.15, 0.2) is 0 Å². The molecule has 1 aromatic rings. The molecule has 1 aliphatic rings. The van der Waals surface area contributed by atoms with Crippen LogP contribution in [0.3, 0.4) is 0 Å². The fourth-order valence-corrected chi connectivity index (χ4v) is 2.87. The molecule has 0 aliphatic carbocycles. The lowest BCUT2D eigenvalue weighted by Crippen LogP contribution is -2.31. The number of ether oxygens (including phenoxy) is 1. The molecule has 0 amide bonds. The molecule has 2 heteroatoms. The van der Waals surface area contributed by atoms with Gasteiger partial charge in [0.2, 0.25) is 0 Å². The zero-order valence-corrected chi connectivity index (χ0v) is 10.7. The smallest absolute Gasteiger partial charge is 0.0468 e. The SMILES string of the molecule is COCCC(c1ccccc1)C1CCNCC1. The van der Waals surface area contributed by atoms with E-state index in [1.54, 1.807) is 7.11 Å². The van der Waals surface area contributed by atoms with Gasteiger partial charge in [-0.15, -0.1) is 0 Å². The molecule has 0 saturated carbocycles. The van der Waals surface area contributed by atoms with Crippen molar-refractivity contribution in [2.45, 2.75) is 25.2 Å². The average molecular weight is 233 g/mol. The zero-order valence-electron chi connectivity index (χ0n) is 10.7. The number of hydrogen-bond donors (Lipinski definition) is 1. The maximum absolute atomic E-state index is 5.27. The first-order chi connectivity index (χ1) is 8.42. The predicted octanol–water partition coefficient (Wildman–Crippen LogP) is 2.81. The van der Waals surface area contributed by atoms with E-state index in [-0.39, 0.29) is 0 Å². The van der Waals surface area contributed by atoms with E-state index in [0.29, 0.717) is 5.92 Å². The average Bonchev–Trinajstić information content (AvgIpc) is 2.42. The maximum Gasteiger partial charge on any atom is 0.0468 e. The van der Waals surface area contributed by atoms with E-state index in [9.17, 15) is 0 Å². The van der Waals surface area contributed by atoms with Crippen LogP contribution in [0.25, 0.3) is 0 Å². The summed E-state index contributed by atoms with van der Waals surface area (Å²) in [4.78, 5) is 0. The molecule has 1 atom stereocenters. The summed E-state index contributed by atoms with van der Waals surface area (Å²) in [5.74, 6) is 1.48. The summed E-state index contributed by atoms with van der Waals surface area (Å²) in [5.41, 5.74) is 1.48. The zero-order chi connectivity index (χ0) is 11.9. The molecule has 1 saturated heterocycles. The molecule has 0 spiro atoms.